The van der Waals surface area contributed by atoms with E-state index in [0.717, 1.165) is 71.2 Å². The molecule has 43 heavy (non-hydrogen) atoms. The van der Waals surface area contributed by atoms with Gasteiger partial charge in [-0.3, -0.25) is 18.8 Å². The van der Waals surface area contributed by atoms with Crippen LogP contribution in [0, 0.1) is 18.7 Å². The second-order valence-corrected chi connectivity index (χ2v) is 11.9. The fourth-order valence-electron chi connectivity index (χ4n) is 5.11. The van der Waals surface area contributed by atoms with Gasteiger partial charge in [0.2, 0.25) is 6.41 Å². The molecule has 1 fully saturated rings. The molecule has 6 rings (SSSR count). The Kier molecular flexibility index (Phi) is 10.0. The van der Waals surface area contributed by atoms with Gasteiger partial charge in [-0.25, -0.2) is 14.4 Å². The highest BCUT2D eigenvalue weighted by Gasteiger charge is 2.18. The number of hydrogen-bond acceptors (Lipinski definition) is 8. The third-order valence-corrected chi connectivity index (χ3v) is 8.16. The molecule has 1 atom stereocenters. The van der Waals surface area contributed by atoms with Crippen molar-refractivity contribution >= 4 is 46.0 Å². The van der Waals surface area contributed by atoms with Crippen LogP contribution in [0.5, 0.6) is 0 Å². The monoisotopic (exact) mass is 623 g/mol. The maximum Gasteiger partial charge on any atom is 0.207 e. The van der Waals surface area contributed by atoms with Crippen molar-refractivity contribution in [3.05, 3.63) is 76.8 Å². The summed E-state index contributed by atoms with van der Waals surface area (Å²) in [6.45, 7) is 10.7. The molecular weight excluding hydrogens is 589 g/mol. The Morgan fingerprint density at radius 3 is 2.84 bits per heavy atom. The summed E-state index contributed by atoms with van der Waals surface area (Å²) in [5.74, 6) is 1.11. The highest BCUT2D eigenvalue weighted by atomic mass is 35.5. The minimum atomic E-state index is -0.406. The lowest BCUT2D eigenvalue weighted by Gasteiger charge is -2.30. The average Bonchev–Trinajstić information content (AvgIpc) is 3.73. The number of anilines is 2. The number of likely N-dealkylation sites (tertiary alicyclic amines) is 1. The molecule has 0 spiro atoms. The number of carbonyl (C=O) groups excluding carboxylic acids is 1. The van der Waals surface area contributed by atoms with Crippen LogP contribution in [0.1, 0.15) is 43.6 Å². The third kappa shape index (κ3) is 7.75. The molecule has 5 aromatic rings. The fourth-order valence-corrected chi connectivity index (χ4v) is 5.93. The molecule has 1 aliphatic heterocycles. The van der Waals surface area contributed by atoms with Crippen molar-refractivity contribution in [3.63, 3.8) is 0 Å². The van der Waals surface area contributed by atoms with Crippen molar-refractivity contribution in [2.24, 2.45) is 5.92 Å². The van der Waals surface area contributed by atoms with Gasteiger partial charge in [0.1, 0.15) is 10.8 Å². The normalized spacial score (nSPS) is 15.2. The Labute approximate surface area is 259 Å². The van der Waals surface area contributed by atoms with Crippen molar-refractivity contribution in [2.75, 3.05) is 18.4 Å². The van der Waals surface area contributed by atoms with E-state index in [9.17, 15) is 9.18 Å². The highest BCUT2D eigenvalue weighted by molar-refractivity contribution is 7.10. The lowest BCUT2D eigenvalue weighted by atomic mass is 10.0. The van der Waals surface area contributed by atoms with Crippen molar-refractivity contribution in [3.8, 4) is 11.3 Å². The van der Waals surface area contributed by atoms with Gasteiger partial charge < -0.3 is 10.6 Å². The van der Waals surface area contributed by atoms with E-state index in [1.54, 1.807) is 6.07 Å². The minimum absolute atomic E-state index is 0.187. The first kappa shape index (κ1) is 30.6. The number of nitrogens with one attached hydrogen (secondary N) is 2. The summed E-state index contributed by atoms with van der Waals surface area (Å²) in [6, 6.07) is 6.46. The Hall–Kier alpha value is -3.87. The zero-order valence-corrected chi connectivity index (χ0v) is 26.0. The van der Waals surface area contributed by atoms with E-state index >= 15 is 0 Å². The molecule has 13 heteroatoms. The first-order valence-corrected chi connectivity index (χ1v) is 15.4. The number of amides is 1. The molecule has 0 aliphatic carbocycles. The van der Waals surface area contributed by atoms with E-state index in [2.05, 4.69) is 54.3 Å². The van der Waals surface area contributed by atoms with Crippen LogP contribution < -0.4 is 10.6 Å². The summed E-state index contributed by atoms with van der Waals surface area (Å²) >= 11 is 7.00. The van der Waals surface area contributed by atoms with Gasteiger partial charge in [0.15, 0.2) is 11.5 Å². The molecule has 4 aromatic heterocycles. The zero-order chi connectivity index (χ0) is 30.3. The summed E-state index contributed by atoms with van der Waals surface area (Å²) in [7, 11) is 0. The lowest BCUT2D eigenvalue weighted by molar-refractivity contribution is -0.109. The number of rotatable bonds is 9. The number of piperidine rings is 1. The maximum atomic E-state index is 12.9. The van der Waals surface area contributed by atoms with Crippen molar-refractivity contribution in [2.45, 2.75) is 53.2 Å². The molecule has 1 aliphatic rings. The van der Waals surface area contributed by atoms with Gasteiger partial charge in [0.05, 0.1) is 29.5 Å². The van der Waals surface area contributed by atoms with Crippen LogP contribution in [0.25, 0.3) is 16.9 Å². The van der Waals surface area contributed by atoms with Gasteiger partial charge in [-0.1, -0.05) is 24.6 Å². The van der Waals surface area contributed by atoms with Gasteiger partial charge in [-0.15, -0.1) is 0 Å². The third-order valence-electron chi connectivity index (χ3n) is 7.18. The predicted octanol–water partition coefficient (Wildman–Crippen LogP) is 6.08. The molecule has 1 saturated heterocycles. The van der Waals surface area contributed by atoms with Crippen molar-refractivity contribution < 1.29 is 9.18 Å². The Balaban J connectivity index is 0.000000259. The number of hydrogen-bond donors (Lipinski definition) is 2. The van der Waals surface area contributed by atoms with Crippen LogP contribution in [0.4, 0.5) is 15.2 Å². The summed E-state index contributed by atoms with van der Waals surface area (Å²) in [5.41, 5.74) is 5.30. The molecular formula is C30H35ClFN9OS. The lowest BCUT2D eigenvalue weighted by Crippen LogP contribution is -2.33. The fraction of sp³-hybridized carbons (Fsp3) is 0.367. The summed E-state index contributed by atoms with van der Waals surface area (Å²) < 4.78 is 21.6. The molecule has 5 heterocycles. The molecule has 226 valence electrons. The van der Waals surface area contributed by atoms with Crippen molar-refractivity contribution in [1.82, 2.24) is 38.7 Å². The number of aromatic nitrogens is 6. The van der Waals surface area contributed by atoms with E-state index in [1.165, 1.54) is 36.5 Å². The maximum absolute atomic E-state index is 12.9. The molecule has 1 aromatic carbocycles. The van der Waals surface area contributed by atoms with Gasteiger partial charge in [0.25, 0.3) is 0 Å². The second kappa shape index (κ2) is 14.1. The van der Waals surface area contributed by atoms with Crippen LogP contribution in [-0.2, 0) is 24.4 Å². The number of imidazole rings is 1. The minimum Gasteiger partial charge on any atom is -0.354 e. The number of benzene rings is 1. The molecule has 0 bridgehead atoms. The number of halogens is 2. The summed E-state index contributed by atoms with van der Waals surface area (Å²) in [4.78, 5) is 21.8. The number of fused-ring (bicyclic) bond motifs is 1. The standard InChI is InChI=1S/C22H28N8S.C8H7ClFNO/c1-4-29-13-17(9-24-29)19-10-23-22-21(25-16(3)12-30(19)22)26-20-8-18(27-31-20)14-28-7-5-6-15(2)11-28;9-7-2-1-6(4-11-5-12)8(10)3-7/h8-10,12-13,15H,4-7,11,14H2,1-3H3,(H,25,26);1-3,5H,4H2,(H,11,12). The van der Waals surface area contributed by atoms with E-state index < -0.39 is 5.82 Å². The number of aryl methyl sites for hydroxylation is 2. The SMILES string of the molecule is CCn1cc(-c2cnc3c(Nc4cc(CN5CCCC(C)C5)ns4)nc(C)cn23)cn1.O=CNCc1ccc(Cl)cc1F. The average molecular weight is 624 g/mol. The van der Waals surface area contributed by atoms with Crippen molar-refractivity contribution in [1.29, 1.82) is 0 Å². The van der Waals surface area contributed by atoms with Crippen LogP contribution in [-0.4, -0.2) is 52.9 Å². The van der Waals surface area contributed by atoms with Crippen LogP contribution in [0.2, 0.25) is 5.02 Å². The van der Waals surface area contributed by atoms with E-state index in [1.807, 2.05) is 36.4 Å². The molecule has 10 nitrogen and oxygen atoms in total. The number of nitrogens with zero attached hydrogens (tertiary/aromatic N) is 7. The first-order valence-electron chi connectivity index (χ1n) is 14.3. The predicted molar refractivity (Wildman–Crippen MR) is 168 cm³/mol. The number of carbonyl (C=O) groups is 1. The van der Waals surface area contributed by atoms with Gasteiger partial charge in [0, 0.05) is 54.7 Å². The van der Waals surface area contributed by atoms with Crippen LogP contribution in [0.15, 0.2) is 49.1 Å². The summed E-state index contributed by atoms with van der Waals surface area (Å²) in [6.07, 6.45) is 11.0. The first-order chi connectivity index (χ1) is 20.8. The molecule has 2 N–H and O–H groups in total. The van der Waals surface area contributed by atoms with Crippen LogP contribution >= 0.6 is 23.1 Å². The second-order valence-electron chi connectivity index (χ2n) is 10.7. The van der Waals surface area contributed by atoms with E-state index in [4.69, 9.17) is 16.6 Å². The Morgan fingerprint density at radius 2 is 2.09 bits per heavy atom. The van der Waals surface area contributed by atoms with E-state index in [-0.39, 0.29) is 6.54 Å². The van der Waals surface area contributed by atoms with E-state index in [0.29, 0.717) is 17.0 Å². The smallest absolute Gasteiger partial charge is 0.207 e. The highest BCUT2D eigenvalue weighted by Crippen LogP contribution is 2.28. The Bertz CT molecular complexity index is 1680. The van der Waals surface area contributed by atoms with Crippen LogP contribution in [0.3, 0.4) is 0 Å². The quantitative estimate of drug-likeness (QED) is 0.192. The molecule has 0 radical (unpaired) electrons. The Morgan fingerprint density at radius 1 is 1.23 bits per heavy atom. The van der Waals surface area contributed by atoms with Gasteiger partial charge >= 0.3 is 0 Å². The largest absolute Gasteiger partial charge is 0.354 e. The van der Waals surface area contributed by atoms with Gasteiger partial charge in [-0.05, 0) is 68.9 Å². The molecule has 1 amide bonds. The zero-order valence-electron chi connectivity index (χ0n) is 24.4. The molecule has 1 unspecified atom stereocenters. The summed E-state index contributed by atoms with van der Waals surface area (Å²) in [5, 5.41) is 11.6. The topological polar surface area (TPSA) is 105 Å². The molecule has 0 saturated carbocycles. The van der Waals surface area contributed by atoms with Gasteiger partial charge in [-0.2, -0.15) is 9.47 Å².